The monoisotopic (exact) mass is 626 g/mol. The molecule has 3 fully saturated rings. The van der Waals surface area contributed by atoms with E-state index in [0.29, 0.717) is 17.9 Å². The summed E-state index contributed by atoms with van der Waals surface area (Å²) >= 11 is 7.27. The number of alkyl halides is 2. The Morgan fingerprint density at radius 1 is 1.03 bits per heavy atom. The molecule has 0 spiro atoms. The summed E-state index contributed by atoms with van der Waals surface area (Å²) in [5.74, 6) is -3.30. The molecule has 36 heavy (non-hydrogen) atoms. The van der Waals surface area contributed by atoms with Gasteiger partial charge in [-0.15, -0.1) is 0 Å². The van der Waals surface area contributed by atoms with E-state index in [4.69, 9.17) is 9.47 Å². The van der Waals surface area contributed by atoms with Crippen LogP contribution >= 0.6 is 31.9 Å². The van der Waals surface area contributed by atoms with Gasteiger partial charge in [0, 0.05) is 15.3 Å². The molecule has 4 rings (SSSR count). The quantitative estimate of drug-likeness (QED) is 0.193. The summed E-state index contributed by atoms with van der Waals surface area (Å²) < 4.78 is 10.3. The molecule has 1 N–H and O–H groups in total. The van der Waals surface area contributed by atoms with Crippen molar-refractivity contribution in [1.82, 2.24) is 4.90 Å². The third-order valence-corrected chi connectivity index (χ3v) is 10.4. The highest BCUT2D eigenvalue weighted by molar-refractivity contribution is 9.12. The third-order valence-electron chi connectivity index (χ3n) is 7.23. The number of ether oxygens (including phenoxy) is 2. The number of nitrogens with one attached hydrogen (secondary N) is 1. The van der Waals surface area contributed by atoms with Crippen LogP contribution in [0.5, 0.6) is 0 Å². The van der Waals surface area contributed by atoms with Crippen LogP contribution in [0.4, 0.5) is 5.69 Å². The molecule has 0 unspecified atom stereocenters. The number of rotatable bonds is 9. The zero-order chi connectivity index (χ0) is 26.1. The Morgan fingerprint density at radius 3 is 2.17 bits per heavy atom. The van der Waals surface area contributed by atoms with Crippen molar-refractivity contribution < 1.29 is 33.4 Å². The lowest BCUT2D eigenvalue weighted by Crippen LogP contribution is -2.45. The number of imide groups is 1. The van der Waals surface area contributed by atoms with Gasteiger partial charge in [-0.2, -0.15) is 0 Å². The summed E-state index contributed by atoms with van der Waals surface area (Å²) in [5, 5.41) is 2.58. The fraction of sp³-hybridized carbons (Fsp3) is 0.560. The molecule has 0 radical (unpaired) electrons. The lowest BCUT2D eigenvalue weighted by atomic mass is 9.81. The van der Waals surface area contributed by atoms with Crippen LogP contribution in [0, 0.1) is 23.7 Å². The minimum Gasteiger partial charge on any atom is -0.462 e. The largest absolute Gasteiger partial charge is 0.462 e. The summed E-state index contributed by atoms with van der Waals surface area (Å²) in [6, 6.07) is 5.02. The van der Waals surface area contributed by atoms with Crippen LogP contribution in [0.3, 0.4) is 0 Å². The van der Waals surface area contributed by atoms with Crippen molar-refractivity contribution in [1.29, 1.82) is 0 Å². The maximum absolute atomic E-state index is 13.1. The number of likely N-dealkylation sites (tertiary alicyclic amines) is 1. The van der Waals surface area contributed by atoms with Gasteiger partial charge < -0.3 is 14.8 Å². The van der Waals surface area contributed by atoms with Crippen LogP contribution in [0.1, 0.15) is 43.5 Å². The molecule has 2 bridgehead atoms. The molecule has 9 nitrogen and oxygen atoms in total. The second-order valence-electron chi connectivity index (χ2n) is 9.45. The van der Waals surface area contributed by atoms with E-state index in [1.54, 1.807) is 12.1 Å². The molecule has 194 valence electrons. The molecule has 2 aliphatic carbocycles. The Morgan fingerprint density at radius 2 is 1.61 bits per heavy atom. The van der Waals surface area contributed by atoms with E-state index in [0.717, 1.165) is 24.2 Å². The smallest absolute Gasteiger partial charge is 0.338 e. The number of unbranched alkanes of at least 4 members (excludes halogenated alkanes) is 1. The summed E-state index contributed by atoms with van der Waals surface area (Å²) in [5.41, 5.74) is 0.774. The normalized spacial score (nSPS) is 29.2. The second kappa shape index (κ2) is 11.0. The van der Waals surface area contributed by atoms with Gasteiger partial charge in [0.15, 0.2) is 6.61 Å². The zero-order valence-electron chi connectivity index (χ0n) is 19.9. The van der Waals surface area contributed by atoms with Crippen LogP contribution < -0.4 is 5.32 Å². The minimum atomic E-state index is -1.12. The number of amides is 3. The van der Waals surface area contributed by atoms with Crippen molar-refractivity contribution in [2.24, 2.45) is 23.7 Å². The Balaban J connectivity index is 1.28. The van der Waals surface area contributed by atoms with Crippen molar-refractivity contribution >= 4 is 67.2 Å². The van der Waals surface area contributed by atoms with Gasteiger partial charge in [0.1, 0.15) is 6.04 Å². The van der Waals surface area contributed by atoms with Crippen LogP contribution in [0.25, 0.3) is 0 Å². The Kier molecular flexibility index (Phi) is 8.18. The van der Waals surface area contributed by atoms with E-state index < -0.39 is 42.3 Å². The molecule has 3 aliphatic rings. The van der Waals surface area contributed by atoms with Gasteiger partial charge in [-0.25, -0.2) is 9.59 Å². The first-order chi connectivity index (χ1) is 17.1. The van der Waals surface area contributed by atoms with Gasteiger partial charge in [0.2, 0.25) is 11.8 Å². The van der Waals surface area contributed by atoms with E-state index in [1.165, 1.54) is 19.1 Å². The average molecular weight is 628 g/mol. The average Bonchev–Trinajstić information content (AvgIpc) is 3.47. The third kappa shape index (κ3) is 4.96. The number of fused-ring (bicyclic) bond motifs is 5. The fourth-order valence-corrected chi connectivity index (χ4v) is 7.27. The van der Waals surface area contributed by atoms with Gasteiger partial charge in [0.25, 0.3) is 5.91 Å². The van der Waals surface area contributed by atoms with E-state index in [2.05, 4.69) is 37.2 Å². The highest BCUT2D eigenvalue weighted by atomic mass is 79.9. The van der Waals surface area contributed by atoms with Crippen LogP contribution in [0.15, 0.2) is 24.3 Å². The number of esters is 2. The van der Waals surface area contributed by atoms with Crippen LogP contribution in [-0.2, 0) is 28.7 Å². The maximum Gasteiger partial charge on any atom is 0.338 e. The molecule has 1 heterocycles. The van der Waals surface area contributed by atoms with Crippen molar-refractivity contribution in [3.05, 3.63) is 29.8 Å². The molecule has 1 saturated heterocycles. The first-order valence-electron chi connectivity index (χ1n) is 12.0. The highest BCUT2D eigenvalue weighted by Crippen LogP contribution is 2.60. The predicted octanol–water partition coefficient (Wildman–Crippen LogP) is 3.29. The van der Waals surface area contributed by atoms with Crippen LogP contribution in [-0.4, -0.2) is 63.5 Å². The second-order valence-corrected chi connectivity index (χ2v) is 11.6. The molecule has 3 amide bonds. The number of benzene rings is 1. The summed E-state index contributed by atoms with van der Waals surface area (Å²) in [4.78, 5) is 64.2. The fourth-order valence-electron chi connectivity index (χ4n) is 5.40. The predicted molar refractivity (Wildman–Crippen MR) is 137 cm³/mol. The number of hydrogen-bond donors (Lipinski definition) is 1. The highest BCUT2D eigenvalue weighted by Gasteiger charge is 2.67. The molecule has 1 aliphatic heterocycles. The van der Waals surface area contributed by atoms with Crippen molar-refractivity contribution in [2.75, 3.05) is 18.5 Å². The van der Waals surface area contributed by atoms with E-state index >= 15 is 0 Å². The zero-order valence-corrected chi connectivity index (χ0v) is 23.1. The molecular formula is C25H28Br2N2O7. The van der Waals surface area contributed by atoms with E-state index in [9.17, 15) is 24.0 Å². The summed E-state index contributed by atoms with van der Waals surface area (Å²) in [7, 11) is 0. The molecule has 11 heteroatoms. The van der Waals surface area contributed by atoms with E-state index in [-0.39, 0.29) is 33.3 Å². The molecule has 7 atom stereocenters. The first-order valence-corrected chi connectivity index (χ1v) is 13.9. The number of hydrogen-bond acceptors (Lipinski definition) is 7. The number of carbonyl (C=O) groups is 5. The van der Waals surface area contributed by atoms with Gasteiger partial charge in [-0.05, 0) is 55.9 Å². The standard InChI is InChI=1S/C25H28Br2N2O7/c1-3-4-9-35-25(34)13-5-7-14(8-6-13)28-17(30)11-36-24(33)12(2)29-22(31)18-15-10-16(19(18)23(29)32)21(27)20(15)26/h5-8,12,15-16,18-21H,3-4,9-11H2,1-2H3,(H,28,30)/t12-,15+,16+,18-,19+,20-,21-/m0/s1. The van der Waals surface area contributed by atoms with E-state index in [1.807, 2.05) is 6.92 Å². The topological polar surface area (TPSA) is 119 Å². The number of anilines is 1. The molecule has 2 saturated carbocycles. The molecule has 0 aromatic heterocycles. The van der Waals surface area contributed by atoms with Crippen molar-refractivity contribution in [3.63, 3.8) is 0 Å². The number of halogens is 2. The summed E-state index contributed by atoms with van der Waals surface area (Å²) in [6.45, 7) is 3.21. The molecule has 1 aromatic rings. The van der Waals surface area contributed by atoms with Gasteiger partial charge in [0.05, 0.1) is 24.0 Å². The van der Waals surface area contributed by atoms with Crippen LogP contribution in [0.2, 0.25) is 0 Å². The Hall–Kier alpha value is -2.27. The first kappa shape index (κ1) is 26.8. The Bertz CT molecular complexity index is 1030. The maximum atomic E-state index is 13.1. The van der Waals surface area contributed by atoms with Gasteiger partial charge in [-0.1, -0.05) is 45.2 Å². The minimum absolute atomic E-state index is 0.0457. The molecular weight excluding hydrogens is 600 g/mol. The lowest BCUT2D eigenvalue weighted by molar-refractivity contribution is -0.159. The van der Waals surface area contributed by atoms with Gasteiger partial charge >= 0.3 is 11.9 Å². The number of carbonyl (C=O) groups excluding carboxylic acids is 5. The SMILES string of the molecule is CCCCOC(=O)c1ccc(NC(=O)COC(=O)[C@H](C)N2C(=O)[C@@H]3[C@H]4C[C@@H]([C@H](Br)[C@H]4Br)[C@@H]3C2=O)cc1. The summed E-state index contributed by atoms with van der Waals surface area (Å²) in [6.07, 6.45) is 2.50. The lowest BCUT2D eigenvalue weighted by Gasteiger charge is -2.28. The van der Waals surface area contributed by atoms with Gasteiger partial charge in [-0.3, -0.25) is 19.3 Å². The molecule has 1 aromatic carbocycles. The number of nitrogens with zero attached hydrogens (tertiary/aromatic N) is 1. The van der Waals surface area contributed by atoms with Crippen molar-refractivity contribution in [3.8, 4) is 0 Å². The van der Waals surface area contributed by atoms with Crippen molar-refractivity contribution in [2.45, 2.75) is 48.8 Å². The Labute approximate surface area is 225 Å².